The Hall–Kier alpha value is -0.450. The van der Waals surface area contributed by atoms with E-state index >= 15 is 0 Å². The van der Waals surface area contributed by atoms with Crippen LogP contribution in [0.4, 0.5) is 0 Å². The smallest absolute Gasteiger partial charge is 0.371 e. The predicted molar refractivity (Wildman–Crippen MR) is 58.2 cm³/mol. The van der Waals surface area contributed by atoms with Gasteiger partial charge in [-0.1, -0.05) is 33.1 Å². The summed E-state index contributed by atoms with van der Waals surface area (Å²) in [4.78, 5) is 0. The van der Waals surface area contributed by atoms with Crippen LogP contribution in [-0.4, -0.2) is 12.8 Å². The zero-order chi connectivity index (χ0) is 10.9. The van der Waals surface area contributed by atoms with Gasteiger partial charge in [0.1, 0.15) is 6.11 Å². The molecule has 0 aliphatic carbocycles. The Morgan fingerprint density at radius 2 is 1.93 bits per heavy atom. The summed E-state index contributed by atoms with van der Waals surface area (Å²) in [5.74, 6) is 0. The molecule has 0 aliphatic rings. The van der Waals surface area contributed by atoms with Gasteiger partial charge < -0.3 is 4.52 Å². The van der Waals surface area contributed by atoms with Gasteiger partial charge >= 0.3 is 7.60 Å². The molecule has 0 heterocycles. The molecular weight excluding hydrogens is 199 g/mol. The summed E-state index contributed by atoms with van der Waals surface area (Å²) >= 11 is 0. The van der Waals surface area contributed by atoms with E-state index in [1.54, 1.807) is 0 Å². The predicted octanol–water partition coefficient (Wildman–Crippen LogP) is 3.40. The van der Waals surface area contributed by atoms with Gasteiger partial charge in [0.2, 0.25) is 0 Å². The largest absolute Gasteiger partial charge is 0.387 e. The van der Waals surface area contributed by atoms with Crippen molar-refractivity contribution in [3.8, 4) is 12.5 Å². The topological polar surface area (TPSA) is 35.5 Å². The van der Waals surface area contributed by atoms with E-state index in [2.05, 4.69) is 0 Å². The van der Waals surface area contributed by atoms with Crippen LogP contribution in [-0.2, 0) is 13.6 Å². The van der Waals surface area contributed by atoms with Crippen molar-refractivity contribution in [1.29, 1.82) is 0 Å². The Kier molecular flexibility index (Phi) is 7.65. The summed E-state index contributed by atoms with van der Waals surface area (Å²) in [5.41, 5.74) is 0. The van der Waals surface area contributed by atoms with Crippen LogP contribution < -0.4 is 0 Å². The Balaban J connectivity index is 3.97. The van der Waals surface area contributed by atoms with Gasteiger partial charge in [-0.3, -0.25) is 4.52 Å². The monoisotopic (exact) mass is 218 g/mol. The quantitative estimate of drug-likeness (QED) is 0.356. The highest BCUT2D eigenvalue weighted by Crippen LogP contribution is 2.48. The highest BCUT2D eigenvalue weighted by atomic mass is 31.2. The highest BCUT2D eigenvalue weighted by Gasteiger charge is 2.23. The molecule has 0 fully saturated rings. The van der Waals surface area contributed by atoms with Crippen LogP contribution in [0, 0.1) is 12.5 Å². The lowest BCUT2D eigenvalue weighted by molar-refractivity contribution is 0.251. The minimum atomic E-state index is -3.00. The third kappa shape index (κ3) is 6.07. The molecule has 0 saturated carbocycles. The number of unbranched alkanes of at least 4 members (excludes halogenated alkanes) is 2. The first-order chi connectivity index (χ1) is 6.68. The van der Waals surface area contributed by atoms with Gasteiger partial charge in [0.15, 0.2) is 0 Å². The van der Waals surface area contributed by atoms with E-state index in [4.69, 9.17) is 15.5 Å². The molecule has 0 aromatic heterocycles. The molecule has 1 unspecified atom stereocenters. The number of rotatable bonds is 8. The first kappa shape index (κ1) is 13.5. The maximum Gasteiger partial charge on any atom is 0.387 e. The first-order valence-corrected chi connectivity index (χ1v) is 6.79. The van der Waals surface area contributed by atoms with Gasteiger partial charge in [-0.05, 0) is 12.8 Å². The summed E-state index contributed by atoms with van der Waals surface area (Å²) in [6.07, 6.45) is 11.0. The van der Waals surface area contributed by atoms with Gasteiger partial charge in [0.25, 0.3) is 0 Å². The van der Waals surface area contributed by atoms with Crippen molar-refractivity contribution in [3.63, 3.8) is 0 Å². The van der Waals surface area contributed by atoms with Crippen molar-refractivity contribution >= 4 is 7.60 Å². The summed E-state index contributed by atoms with van der Waals surface area (Å²) < 4.78 is 21.8. The van der Waals surface area contributed by atoms with Crippen LogP contribution in [0.15, 0.2) is 0 Å². The fraction of sp³-hybridized carbons (Fsp3) is 0.800. The molecule has 0 aromatic carbocycles. The molecule has 0 aliphatic heterocycles. The van der Waals surface area contributed by atoms with Crippen molar-refractivity contribution in [2.75, 3.05) is 12.8 Å². The molecule has 0 aromatic rings. The van der Waals surface area contributed by atoms with E-state index in [1.165, 1.54) is 0 Å². The Bertz CT molecular complexity index is 220. The summed E-state index contributed by atoms with van der Waals surface area (Å²) in [6, 6.07) is 0. The van der Waals surface area contributed by atoms with Crippen LogP contribution >= 0.6 is 7.60 Å². The molecule has 14 heavy (non-hydrogen) atoms. The molecule has 0 amide bonds. The Labute approximate surface area is 86.7 Å². The average molecular weight is 218 g/mol. The minimum absolute atomic E-state index is 0.414. The zero-order valence-corrected chi connectivity index (χ0v) is 9.89. The molecule has 3 nitrogen and oxygen atoms in total. The molecule has 0 rings (SSSR count). The molecule has 82 valence electrons. The maximum atomic E-state index is 11.9. The second kappa shape index (κ2) is 7.91. The Morgan fingerprint density at radius 3 is 2.43 bits per heavy atom. The third-order valence-corrected chi connectivity index (χ3v) is 3.59. The summed E-state index contributed by atoms with van der Waals surface area (Å²) in [7, 11) is -3.00. The lowest BCUT2D eigenvalue weighted by Crippen LogP contribution is -1.99. The number of hydrogen-bond donors (Lipinski definition) is 0. The molecular formula is C10H19O3P. The second-order valence-corrected chi connectivity index (χ2v) is 5.19. The van der Waals surface area contributed by atoms with Gasteiger partial charge in [-0.25, -0.2) is 4.57 Å². The fourth-order valence-electron chi connectivity index (χ4n) is 0.917. The zero-order valence-electron chi connectivity index (χ0n) is 8.99. The molecule has 0 spiro atoms. The lowest BCUT2D eigenvalue weighted by Gasteiger charge is -2.14. The van der Waals surface area contributed by atoms with E-state index in [9.17, 15) is 4.57 Å². The van der Waals surface area contributed by atoms with Crippen LogP contribution in [0.2, 0.25) is 0 Å². The Morgan fingerprint density at radius 1 is 1.29 bits per heavy atom. The molecule has 0 radical (unpaired) electrons. The van der Waals surface area contributed by atoms with Gasteiger partial charge in [0, 0.05) is 0 Å². The SMILES string of the molecule is C#COP(=O)(CCCC)OCCCC. The van der Waals surface area contributed by atoms with Crippen molar-refractivity contribution in [1.82, 2.24) is 0 Å². The lowest BCUT2D eigenvalue weighted by atomic mass is 10.4. The van der Waals surface area contributed by atoms with Crippen LogP contribution in [0.3, 0.4) is 0 Å². The van der Waals surface area contributed by atoms with E-state index in [-0.39, 0.29) is 0 Å². The van der Waals surface area contributed by atoms with Crippen LogP contribution in [0.5, 0.6) is 0 Å². The fourth-order valence-corrected chi connectivity index (χ4v) is 2.46. The van der Waals surface area contributed by atoms with Crippen molar-refractivity contribution in [3.05, 3.63) is 0 Å². The van der Waals surface area contributed by atoms with E-state index < -0.39 is 7.60 Å². The standard InChI is InChI=1S/C10H19O3P/c1-4-7-9-13-14(11,12-6-3)10-8-5-2/h3H,4-5,7-10H2,1-2H3. The van der Waals surface area contributed by atoms with Crippen molar-refractivity contribution < 1.29 is 13.6 Å². The van der Waals surface area contributed by atoms with Crippen molar-refractivity contribution in [2.24, 2.45) is 0 Å². The molecule has 0 N–H and O–H groups in total. The summed E-state index contributed by atoms with van der Waals surface area (Å²) in [6.45, 7) is 4.52. The molecule has 4 heteroatoms. The average Bonchev–Trinajstić information content (AvgIpc) is 2.16. The molecule has 1 atom stereocenters. The third-order valence-electron chi connectivity index (χ3n) is 1.76. The van der Waals surface area contributed by atoms with Gasteiger partial charge in [-0.2, -0.15) is 0 Å². The van der Waals surface area contributed by atoms with Crippen molar-refractivity contribution in [2.45, 2.75) is 39.5 Å². The highest BCUT2D eigenvalue weighted by molar-refractivity contribution is 7.53. The van der Waals surface area contributed by atoms with Gasteiger partial charge in [-0.15, -0.1) is 0 Å². The number of terminal acetylenes is 1. The van der Waals surface area contributed by atoms with E-state index in [1.807, 2.05) is 20.0 Å². The van der Waals surface area contributed by atoms with Crippen LogP contribution in [0.1, 0.15) is 39.5 Å². The summed E-state index contributed by atoms with van der Waals surface area (Å²) in [5, 5.41) is 0. The minimum Gasteiger partial charge on any atom is -0.371 e. The molecule has 0 saturated heterocycles. The first-order valence-electron chi connectivity index (χ1n) is 5.06. The van der Waals surface area contributed by atoms with E-state index in [0.717, 1.165) is 25.7 Å². The normalized spacial score (nSPS) is 14.4. The van der Waals surface area contributed by atoms with Gasteiger partial charge in [0.05, 0.1) is 12.8 Å². The van der Waals surface area contributed by atoms with Crippen LogP contribution in [0.25, 0.3) is 0 Å². The second-order valence-electron chi connectivity index (χ2n) is 3.08. The van der Waals surface area contributed by atoms with E-state index in [0.29, 0.717) is 12.8 Å². The number of hydrogen-bond acceptors (Lipinski definition) is 3. The maximum absolute atomic E-state index is 11.9. The molecule has 0 bridgehead atoms.